The minimum absolute atomic E-state index is 0.0106. The number of hydrogen-bond donors (Lipinski definition) is 7. The molecule has 2 amide bonds. The summed E-state index contributed by atoms with van der Waals surface area (Å²) in [5.74, 6) is -0.992. The van der Waals surface area contributed by atoms with Gasteiger partial charge in [0.2, 0.25) is 11.8 Å². The molecule has 0 saturated carbocycles. The van der Waals surface area contributed by atoms with Gasteiger partial charge in [-0.3, -0.25) is 9.59 Å². The van der Waals surface area contributed by atoms with E-state index in [0.717, 1.165) is 0 Å². The number of nitrogens with one attached hydrogen (secondary N) is 2. The third-order valence-corrected chi connectivity index (χ3v) is 6.02. The van der Waals surface area contributed by atoms with E-state index in [1.54, 1.807) is 0 Å². The summed E-state index contributed by atoms with van der Waals surface area (Å²) in [5, 5.41) is 54.7. The van der Waals surface area contributed by atoms with Gasteiger partial charge in [-0.1, -0.05) is 6.58 Å². The lowest BCUT2D eigenvalue weighted by atomic mass is 9.81. The summed E-state index contributed by atoms with van der Waals surface area (Å²) in [4.78, 5) is 34.6. The van der Waals surface area contributed by atoms with E-state index < -0.39 is 54.5 Å². The highest BCUT2D eigenvalue weighted by Gasteiger charge is 2.54. The highest BCUT2D eigenvalue weighted by Crippen LogP contribution is 2.36. The van der Waals surface area contributed by atoms with E-state index in [9.17, 15) is 34.8 Å². The van der Waals surface area contributed by atoms with Crippen molar-refractivity contribution in [1.82, 2.24) is 10.6 Å². The van der Waals surface area contributed by atoms with E-state index in [1.807, 2.05) is 0 Å². The predicted octanol–water partition coefficient (Wildman–Crippen LogP) is -2.01. The molecule has 12 heteroatoms. The van der Waals surface area contributed by atoms with E-state index in [1.165, 1.54) is 24.8 Å². The standard InChI is InChI=1S/C19H32N2O9S/c1-3-14(26)20-6-8-31-7-4-5-19(18(28)29)9-12(24)15(21-11(2)23)17(30-19)16(27)13(25)10-22/h3,12-13,15-17,22,24-25,27H,1,4-10H2,2H3,(H,20,26)(H,21,23)(H,28,29)/t12-,13+,15+,16+,17+,19-/m0/s1. The van der Waals surface area contributed by atoms with Gasteiger partial charge < -0.3 is 40.9 Å². The van der Waals surface area contributed by atoms with Crippen molar-refractivity contribution in [1.29, 1.82) is 0 Å². The van der Waals surface area contributed by atoms with Crippen molar-refractivity contribution in [3.8, 4) is 0 Å². The average molecular weight is 465 g/mol. The monoisotopic (exact) mass is 464 g/mol. The Bertz CT molecular complexity index is 635. The zero-order valence-corrected chi connectivity index (χ0v) is 18.2. The Labute approximate surface area is 184 Å². The second-order valence-electron chi connectivity index (χ2n) is 7.33. The van der Waals surface area contributed by atoms with Crippen LogP contribution >= 0.6 is 11.8 Å². The van der Waals surface area contributed by atoms with Crippen molar-refractivity contribution in [3.63, 3.8) is 0 Å². The molecule has 1 aliphatic rings. The van der Waals surface area contributed by atoms with Crippen LogP contribution in [0.1, 0.15) is 26.2 Å². The lowest BCUT2D eigenvalue weighted by Crippen LogP contribution is -2.67. The molecule has 0 bridgehead atoms. The van der Waals surface area contributed by atoms with Crippen LogP contribution in [0.15, 0.2) is 12.7 Å². The van der Waals surface area contributed by atoms with Gasteiger partial charge in [0.1, 0.15) is 18.3 Å². The van der Waals surface area contributed by atoms with Crippen molar-refractivity contribution in [2.45, 2.75) is 62.2 Å². The molecule has 0 aliphatic carbocycles. The van der Waals surface area contributed by atoms with Gasteiger partial charge in [0.05, 0.1) is 18.8 Å². The van der Waals surface area contributed by atoms with Crippen LogP contribution in [-0.2, 0) is 19.1 Å². The van der Waals surface area contributed by atoms with Gasteiger partial charge >= 0.3 is 5.97 Å². The second kappa shape index (κ2) is 13.0. The maximum Gasteiger partial charge on any atom is 0.336 e. The Morgan fingerprint density at radius 3 is 2.55 bits per heavy atom. The van der Waals surface area contributed by atoms with Crippen LogP contribution in [0.5, 0.6) is 0 Å². The first-order valence-corrected chi connectivity index (χ1v) is 11.0. The first-order chi connectivity index (χ1) is 14.6. The fraction of sp³-hybridized carbons (Fsp3) is 0.737. The number of amides is 2. The first kappa shape index (κ1) is 27.3. The minimum atomic E-state index is -1.84. The number of carbonyl (C=O) groups is 3. The third kappa shape index (κ3) is 8.05. The molecule has 0 aromatic heterocycles. The van der Waals surface area contributed by atoms with Crippen LogP contribution in [0.3, 0.4) is 0 Å². The molecule has 0 spiro atoms. The summed E-state index contributed by atoms with van der Waals surface area (Å²) in [6.07, 6.45) is -4.95. The highest BCUT2D eigenvalue weighted by atomic mass is 32.2. The van der Waals surface area contributed by atoms with Gasteiger partial charge in [-0.2, -0.15) is 11.8 Å². The largest absolute Gasteiger partial charge is 0.479 e. The number of carboxylic acids is 1. The molecule has 0 aromatic rings. The Morgan fingerprint density at radius 2 is 2.00 bits per heavy atom. The lowest BCUT2D eigenvalue weighted by Gasteiger charge is -2.47. The number of aliphatic hydroxyl groups excluding tert-OH is 4. The van der Waals surface area contributed by atoms with Crippen LogP contribution < -0.4 is 10.6 Å². The number of carbonyl (C=O) groups excluding carboxylic acids is 2. The Morgan fingerprint density at radius 1 is 1.32 bits per heavy atom. The van der Waals surface area contributed by atoms with Gasteiger partial charge in [-0.05, 0) is 24.7 Å². The number of ether oxygens (including phenoxy) is 1. The molecule has 1 heterocycles. The average Bonchev–Trinajstić information content (AvgIpc) is 2.72. The molecule has 178 valence electrons. The van der Waals surface area contributed by atoms with Gasteiger partial charge in [-0.25, -0.2) is 4.79 Å². The van der Waals surface area contributed by atoms with Gasteiger partial charge in [0.25, 0.3) is 0 Å². The quantitative estimate of drug-likeness (QED) is 0.119. The number of aliphatic carboxylic acids is 1. The molecule has 6 atom stereocenters. The molecule has 0 unspecified atom stereocenters. The molecule has 1 fully saturated rings. The molecule has 11 nitrogen and oxygen atoms in total. The van der Waals surface area contributed by atoms with Gasteiger partial charge in [0.15, 0.2) is 5.60 Å². The fourth-order valence-electron chi connectivity index (χ4n) is 3.37. The fourth-order valence-corrected chi connectivity index (χ4v) is 4.17. The topological polar surface area (TPSA) is 186 Å². The number of thioether (sulfide) groups is 1. The van der Waals surface area contributed by atoms with Gasteiger partial charge in [-0.15, -0.1) is 0 Å². The number of aliphatic hydroxyl groups is 4. The van der Waals surface area contributed by atoms with E-state index in [-0.39, 0.29) is 18.7 Å². The molecular weight excluding hydrogens is 432 g/mol. The van der Waals surface area contributed by atoms with E-state index in [0.29, 0.717) is 24.5 Å². The second-order valence-corrected chi connectivity index (χ2v) is 8.56. The van der Waals surface area contributed by atoms with Crippen LogP contribution in [0.25, 0.3) is 0 Å². The normalized spacial score (nSPS) is 27.7. The maximum atomic E-state index is 12.1. The van der Waals surface area contributed by atoms with Crippen molar-refractivity contribution in [3.05, 3.63) is 12.7 Å². The van der Waals surface area contributed by atoms with Crippen molar-refractivity contribution in [2.24, 2.45) is 0 Å². The van der Waals surface area contributed by atoms with E-state index in [2.05, 4.69) is 17.2 Å². The number of carboxylic acid groups (broad SMARTS) is 1. The SMILES string of the molecule is C=CC(=O)NCCSCCC[C@@]1(C(=O)O)C[C@H](O)[C@@H](NC(C)=O)[C@H]([C@H](O)[C@H](O)CO)O1. The number of hydrogen-bond acceptors (Lipinski definition) is 9. The summed E-state index contributed by atoms with van der Waals surface area (Å²) < 4.78 is 5.71. The molecule has 31 heavy (non-hydrogen) atoms. The summed E-state index contributed by atoms with van der Waals surface area (Å²) in [5.41, 5.74) is -1.84. The minimum Gasteiger partial charge on any atom is -0.479 e. The molecule has 1 rings (SSSR count). The third-order valence-electron chi connectivity index (χ3n) is 4.95. The van der Waals surface area contributed by atoms with Crippen LogP contribution in [0.2, 0.25) is 0 Å². The van der Waals surface area contributed by atoms with Crippen molar-refractivity contribution >= 4 is 29.5 Å². The first-order valence-electron chi connectivity index (χ1n) is 9.89. The zero-order chi connectivity index (χ0) is 23.6. The summed E-state index contributed by atoms with van der Waals surface area (Å²) in [6, 6.07) is -1.16. The Hall–Kier alpha value is -1.70. The summed E-state index contributed by atoms with van der Waals surface area (Å²) in [7, 11) is 0. The van der Waals surface area contributed by atoms with E-state index in [4.69, 9.17) is 9.84 Å². The molecule has 0 aromatic carbocycles. The van der Waals surface area contributed by atoms with Crippen molar-refractivity contribution < 1.29 is 44.7 Å². The zero-order valence-electron chi connectivity index (χ0n) is 17.4. The molecule has 1 aliphatic heterocycles. The Balaban J connectivity index is 2.82. The summed E-state index contributed by atoms with van der Waals surface area (Å²) in [6.45, 7) is 4.15. The number of rotatable bonds is 13. The van der Waals surface area contributed by atoms with Crippen LogP contribution in [-0.4, -0.2) is 104 Å². The Kier molecular flexibility index (Phi) is 11.5. The van der Waals surface area contributed by atoms with Crippen molar-refractivity contribution in [2.75, 3.05) is 24.7 Å². The van der Waals surface area contributed by atoms with E-state index >= 15 is 0 Å². The molecule has 1 saturated heterocycles. The predicted molar refractivity (Wildman–Crippen MR) is 112 cm³/mol. The van der Waals surface area contributed by atoms with Crippen LogP contribution in [0, 0.1) is 0 Å². The molecule has 0 radical (unpaired) electrons. The van der Waals surface area contributed by atoms with Crippen LogP contribution in [0.4, 0.5) is 0 Å². The molecular formula is C19H32N2O9S. The maximum absolute atomic E-state index is 12.1. The molecule has 7 N–H and O–H groups in total. The highest BCUT2D eigenvalue weighted by molar-refractivity contribution is 7.99. The smallest absolute Gasteiger partial charge is 0.336 e. The summed E-state index contributed by atoms with van der Waals surface area (Å²) >= 11 is 1.49. The lowest BCUT2D eigenvalue weighted by molar-refractivity contribution is -0.231. The van der Waals surface area contributed by atoms with Gasteiger partial charge in [0, 0.05) is 25.6 Å².